The van der Waals surface area contributed by atoms with Crippen LogP contribution in [0.5, 0.6) is 0 Å². The Morgan fingerprint density at radius 1 is 1.00 bits per heavy atom. The molecule has 1 heterocycles. The van der Waals surface area contributed by atoms with Gasteiger partial charge in [-0.25, -0.2) is 8.42 Å². The molecular weight excluding hydrogens is 485 g/mol. The minimum absolute atomic E-state index is 0.0526. The first-order valence-corrected chi connectivity index (χ1v) is 13.4. The summed E-state index contributed by atoms with van der Waals surface area (Å²) in [6, 6.07) is 15.7. The van der Waals surface area contributed by atoms with Crippen molar-refractivity contribution in [2.45, 2.75) is 42.6 Å². The first-order valence-electron chi connectivity index (χ1n) is 11.9. The normalized spacial score (nSPS) is 15.7. The number of rotatable bonds is 12. The van der Waals surface area contributed by atoms with E-state index in [-0.39, 0.29) is 11.3 Å². The maximum Gasteiger partial charge on any atom is 0.475 e. The van der Waals surface area contributed by atoms with E-state index in [0.29, 0.717) is 39.1 Å². The number of nitrogens with one attached hydrogen (secondary N) is 2. The van der Waals surface area contributed by atoms with E-state index >= 15 is 0 Å². The molecule has 10 nitrogen and oxygen atoms in total. The summed E-state index contributed by atoms with van der Waals surface area (Å²) in [6.45, 7) is 1.41. The summed E-state index contributed by atoms with van der Waals surface area (Å²) in [6.07, 6.45) is 1.04. The maximum absolute atomic E-state index is 13.2. The van der Waals surface area contributed by atoms with Gasteiger partial charge in [0.05, 0.1) is 30.5 Å². The van der Waals surface area contributed by atoms with Crippen molar-refractivity contribution in [3.63, 3.8) is 0 Å². The second-order valence-electron chi connectivity index (χ2n) is 8.59. The number of amides is 2. The molecule has 4 N–H and O–H groups in total. The molecule has 0 saturated carbocycles. The highest BCUT2D eigenvalue weighted by Gasteiger charge is 2.33. The summed E-state index contributed by atoms with van der Waals surface area (Å²) >= 11 is 0. The van der Waals surface area contributed by atoms with Crippen molar-refractivity contribution in [2.75, 3.05) is 26.3 Å². The molecule has 0 spiro atoms. The number of aryl methyl sites for hydroxylation is 1. The monoisotopic (exact) mass is 517 g/mol. The zero-order valence-corrected chi connectivity index (χ0v) is 20.8. The minimum Gasteiger partial charge on any atom is -0.426 e. The molecule has 0 unspecified atom stereocenters. The molecule has 1 aliphatic heterocycles. The van der Waals surface area contributed by atoms with Crippen LogP contribution in [0.4, 0.5) is 0 Å². The number of ether oxygens (including phenoxy) is 1. The average Bonchev–Trinajstić information content (AvgIpc) is 2.89. The van der Waals surface area contributed by atoms with Gasteiger partial charge in [0.15, 0.2) is 0 Å². The van der Waals surface area contributed by atoms with Gasteiger partial charge in [-0.05, 0) is 37.0 Å². The molecule has 1 fully saturated rings. The van der Waals surface area contributed by atoms with Gasteiger partial charge in [0.2, 0.25) is 21.8 Å². The molecule has 0 aromatic heterocycles. The second-order valence-corrected chi connectivity index (χ2v) is 10.3. The molecule has 2 aromatic rings. The Balaban J connectivity index is 1.70. The van der Waals surface area contributed by atoms with Crippen LogP contribution in [0.2, 0.25) is 0 Å². The van der Waals surface area contributed by atoms with E-state index in [2.05, 4.69) is 10.0 Å². The maximum atomic E-state index is 13.2. The van der Waals surface area contributed by atoms with Crippen LogP contribution in [0.15, 0.2) is 65.6 Å². The number of benzene rings is 2. The van der Waals surface area contributed by atoms with E-state index in [1.54, 1.807) is 18.2 Å². The van der Waals surface area contributed by atoms with Gasteiger partial charge < -0.3 is 25.0 Å². The minimum atomic E-state index is -4.12. The smallest absolute Gasteiger partial charge is 0.426 e. The van der Waals surface area contributed by atoms with Crippen LogP contribution in [0.3, 0.4) is 0 Å². The Morgan fingerprint density at radius 3 is 2.22 bits per heavy atom. The van der Waals surface area contributed by atoms with Crippen LogP contribution in [0, 0.1) is 0 Å². The summed E-state index contributed by atoms with van der Waals surface area (Å²) in [4.78, 5) is 27.5. The van der Waals surface area contributed by atoms with Crippen LogP contribution in [-0.4, -0.2) is 80.6 Å². The predicted molar refractivity (Wildman–Crippen MR) is 134 cm³/mol. The van der Waals surface area contributed by atoms with Crippen molar-refractivity contribution >= 4 is 29.0 Å². The molecule has 0 bridgehead atoms. The highest BCUT2D eigenvalue weighted by molar-refractivity contribution is 7.89. The van der Waals surface area contributed by atoms with E-state index in [1.807, 2.05) is 30.3 Å². The van der Waals surface area contributed by atoms with Crippen molar-refractivity contribution in [3.05, 3.63) is 66.2 Å². The van der Waals surface area contributed by atoms with Crippen LogP contribution >= 0.6 is 0 Å². The van der Waals surface area contributed by atoms with Crippen LogP contribution in [0.1, 0.15) is 24.8 Å². The van der Waals surface area contributed by atoms with Crippen LogP contribution in [0.25, 0.3) is 0 Å². The number of morpholine rings is 1. The summed E-state index contributed by atoms with van der Waals surface area (Å²) in [5.74, 6) is -2.25. The fraction of sp³-hybridized carbons (Fsp3) is 0.417. The molecule has 2 atom stereocenters. The third kappa shape index (κ3) is 8.42. The largest absolute Gasteiger partial charge is 0.475 e. The average molecular weight is 517 g/mol. The summed E-state index contributed by atoms with van der Waals surface area (Å²) in [5, 5.41) is 22.2. The quantitative estimate of drug-likeness (QED) is 0.292. The SMILES string of the molecule is O=C(N[C@@H](CCCc1ccccc1)B(O)O)[C@H](CC(=O)N1CCOCC1)NS(=O)(=O)c1ccccc1. The van der Waals surface area contributed by atoms with Gasteiger partial charge in [-0.3, -0.25) is 9.59 Å². The first kappa shape index (κ1) is 27.8. The number of carbonyl (C=O) groups excluding carboxylic acids is 2. The standard InChI is InChI=1S/C24H32BN3O7S/c29-23(28-14-16-35-17-15-28)18-21(27-36(33,34)20-11-5-2-6-12-20)24(30)26-22(25(31)32)13-7-10-19-8-3-1-4-9-19/h1-6,8-9,11-12,21-22,27,31-32H,7,10,13-18H2,(H,26,30)/t21-,22-/m0/s1. The molecule has 1 aliphatic rings. The fourth-order valence-electron chi connectivity index (χ4n) is 3.91. The van der Waals surface area contributed by atoms with Crippen molar-refractivity contribution in [2.24, 2.45) is 0 Å². The Bertz CT molecular complexity index is 1080. The number of nitrogens with zero attached hydrogens (tertiary/aromatic N) is 1. The molecule has 0 radical (unpaired) electrons. The highest BCUT2D eigenvalue weighted by atomic mass is 32.2. The lowest BCUT2D eigenvalue weighted by molar-refractivity contribution is -0.138. The van der Waals surface area contributed by atoms with Crippen molar-refractivity contribution in [1.29, 1.82) is 0 Å². The zero-order chi connectivity index (χ0) is 26.0. The summed E-state index contributed by atoms with van der Waals surface area (Å²) < 4.78 is 33.4. The lowest BCUT2D eigenvalue weighted by Gasteiger charge is -2.29. The van der Waals surface area contributed by atoms with Gasteiger partial charge >= 0.3 is 7.12 Å². The van der Waals surface area contributed by atoms with Gasteiger partial charge in [0.1, 0.15) is 6.04 Å². The molecule has 0 aliphatic carbocycles. The third-order valence-electron chi connectivity index (χ3n) is 5.92. The van der Waals surface area contributed by atoms with Crippen molar-refractivity contribution < 1.29 is 32.8 Å². The Kier molecular flexibility index (Phi) is 10.4. The molecule has 1 saturated heterocycles. The lowest BCUT2D eigenvalue weighted by Crippen LogP contribution is -2.55. The van der Waals surface area contributed by atoms with Gasteiger partial charge in [0.25, 0.3) is 0 Å². The number of hydrogen-bond donors (Lipinski definition) is 4. The first-order chi connectivity index (χ1) is 17.3. The van der Waals surface area contributed by atoms with E-state index in [9.17, 15) is 28.1 Å². The van der Waals surface area contributed by atoms with Crippen molar-refractivity contribution in [3.8, 4) is 0 Å². The number of hydrogen-bond acceptors (Lipinski definition) is 7. The topological polar surface area (TPSA) is 145 Å². The summed E-state index contributed by atoms with van der Waals surface area (Å²) in [5.41, 5.74) is 1.07. The Morgan fingerprint density at radius 2 is 1.61 bits per heavy atom. The second kappa shape index (κ2) is 13.5. The Labute approximate surface area is 211 Å². The molecule has 194 valence electrons. The lowest BCUT2D eigenvalue weighted by atomic mass is 9.76. The van der Waals surface area contributed by atoms with Crippen LogP contribution in [-0.2, 0) is 30.8 Å². The molecule has 2 aromatic carbocycles. The van der Waals surface area contributed by atoms with Gasteiger partial charge in [-0.2, -0.15) is 4.72 Å². The van der Waals surface area contributed by atoms with Gasteiger partial charge in [-0.15, -0.1) is 0 Å². The fourth-order valence-corrected chi connectivity index (χ4v) is 5.13. The molecule has 3 rings (SSSR count). The zero-order valence-electron chi connectivity index (χ0n) is 20.0. The molecule has 2 amide bonds. The van der Waals surface area contributed by atoms with Crippen LogP contribution < -0.4 is 10.0 Å². The van der Waals surface area contributed by atoms with E-state index in [4.69, 9.17) is 4.74 Å². The highest BCUT2D eigenvalue weighted by Crippen LogP contribution is 2.12. The number of sulfonamides is 1. The summed E-state index contributed by atoms with van der Waals surface area (Å²) in [7, 11) is -5.98. The molecule has 36 heavy (non-hydrogen) atoms. The number of carbonyl (C=O) groups is 2. The van der Waals surface area contributed by atoms with Crippen molar-refractivity contribution in [1.82, 2.24) is 14.9 Å². The van der Waals surface area contributed by atoms with E-state index < -0.39 is 47.4 Å². The predicted octanol–water partition coefficient (Wildman–Crippen LogP) is 0.102. The Hall–Kier alpha value is -2.77. The third-order valence-corrected chi connectivity index (χ3v) is 7.41. The van der Waals surface area contributed by atoms with E-state index in [1.165, 1.54) is 17.0 Å². The molecule has 12 heteroatoms. The van der Waals surface area contributed by atoms with E-state index in [0.717, 1.165) is 5.56 Å². The van der Waals surface area contributed by atoms with Gasteiger partial charge in [-0.1, -0.05) is 48.5 Å². The molecular formula is C24H32BN3O7S. The van der Waals surface area contributed by atoms with Gasteiger partial charge in [0, 0.05) is 13.1 Å².